The van der Waals surface area contributed by atoms with Crippen molar-refractivity contribution < 1.29 is 19.2 Å². The third kappa shape index (κ3) is 4.81. The smallest absolute Gasteiger partial charge is 0.306 e. The zero-order chi connectivity index (χ0) is 17.5. The van der Waals surface area contributed by atoms with Crippen molar-refractivity contribution in [1.29, 1.82) is 0 Å². The van der Waals surface area contributed by atoms with Crippen LogP contribution in [-0.4, -0.2) is 18.0 Å². The number of esters is 1. The van der Waals surface area contributed by atoms with Crippen molar-refractivity contribution >= 4 is 11.7 Å². The summed E-state index contributed by atoms with van der Waals surface area (Å²) in [6.45, 7) is 1.70. The second-order valence-corrected chi connectivity index (χ2v) is 5.33. The van der Waals surface area contributed by atoms with E-state index >= 15 is 0 Å². The SMILES string of the molecule is COc1ccc(CCC(=O)O[C@@H](C)c2cccc([N+](=O)[O-])c2)cc1. The van der Waals surface area contributed by atoms with E-state index < -0.39 is 11.0 Å². The Labute approximate surface area is 140 Å². The van der Waals surface area contributed by atoms with Gasteiger partial charge in [0, 0.05) is 18.6 Å². The van der Waals surface area contributed by atoms with Crippen molar-refractivity contribution in [3.63, 3.8) is 0 Å². The summed E-state index contributed by atoms with van der Waals surface area (Å²) in [7, 11) is 1.60. The predicted octanol–water partition coefficient (Wildman–Crippen LogP) is 3.84. The van der Waals surface area contributed by atoms with Gasteiger partial charge in [0.2, 0.25) is 0 Å². The molecule has 0 amide bonds. The number of methoxy groups -OCH3 is 1. The van der Waals surface area contributed by atoms with Crippen molar-refractivity contribution in [2.75, 3.05) is 7.11 Å². The van der Waals surface area contributed by atoms with Crippen LogP contribution in [0, 0.1) is 10.1 Å². The maximum absolute atomic E-state index is 12.0. The van der Waals surface area contributed by atoms with Crippen molar-refractivity contribution in [2.45, 2.75) is 25.9 Å². The number of carbonyl (C=O) groups excluding carboxylic acids is 1. The maximum Gasteiger partial charge on any atom is 0.306 e. The van der Waals surface area contributed by atoms with Crippen LogP contribution >= 0.6 is 0 Å². The molecule has 2 aromatic rings. The summed E-state index contributed by atoms with van der Waals surface area (Å²) < 4.78 is 10.4. The minimum absolute atomic E-state index is 0.0198. The standard InChI is InChI=1S/C18H19NO5/c1-13(15-4-3-5-16(12-15)19(21)22)24-18(20)11-8-14-6-9-17(23-2)10-7-14/h3-7,9-10,12-13H,8,11H2,1-2H3/t13-/m0/s1. The highest BCUT2D eigenvalue weighted by molar-refractivity contribution is 5.70. The topological polar surface area (TPSA) is 78.7 Å². The second-order valence-electron chi connectivity index (χ2n) is 5.33. The van der Waals surface area contributed by atoms with Crippen LogP contribution < -0.4 is 4.74 Å². The van der Waals surface area contributed by atoms with Gasteiger partial charge in [0.05, 0.1) is 12.0 Å². The van der Waals surface area contributed by atoms with Gasteiger partial charge in [-0.2, -0.15) is 0 Å². The summed E-state index contributed by atoms with van der Waals surface area (Å²) >= 11 is 0. The Morgan fingerprint density at radius 2 is 1.92 bits per heavy atom. The molecule has 2 rings (SSSR count). The molecule has 0 aliphatic carbocycles. The number of hydrogen-bond donors (Lipinski definition) is 0. The maximum atomic E-state index is 12.0. The van der Waals surface area contributed by atoms with Gasteiger partial charge in [0.15, 0.2) is 0 Å². The first-order valence-corrected chi connectivity index (χ1v) is 7.56. The van der Waals surface area contributed by atoms with Crippen molar-refractivity contribution in [2.24, 2.45) is 0 Å². The van der Waals surface area contributed by atoms with Gasteiger partial charge in [-0.3, -0.25) is 14.9 Å². The van der Waals surface area contributed by atoms with E-state index in [9.17, 15) is 14.9 Å². The summed E-state index contributed by atoms with van der Waals surface area (Å²) in [6.07, 6.45) is 0.268. The number of hydrogen-bond acceptors (Lipinski definition) is 5. The molecule has 0 bridgehead atoms. The van der Waals surface area contributed by atoms with Gasteiger partial charge in [-0.25, -0.2) is 0 Å². The average molecular weight is 329 g/mol. The number of rotatable bonds is 7. The zero-order valence-electron chi connectivity index (χ0n) is 13.6. The molecule has 24 heavy (non-hydrogen) atoms. The molecule has 0 radical (unpaired) electrons. The van der Waals surface area contributed by atoms with Gasteiger partial charge < -0.3 is 9.47 Å². The van der Waals surface area contributed by atoms with Crippen LogP contribution in [0.5, 0.6) is 5.75 Å². The number of carbonyl (C=O) groups is 1. The van der Waals surface area contributed by atoms with Crippen molar-refractivity contribution in [3.05, 3.63) is 69.8 Å². The van der Waals surface area contributed by atoms with E-state index in [2.05, 4.69) is 0 Å². The van der Waals surface area contributed by atoms with Crippen molar-refractivity contribution in [1.82, 2.24) is 0 Å². The van der Waals surface area contributed by atoms with Crippen LogP contribution in [0.2, 0.25) is 0 Å². The fraction of sp³-hybridized carbons (Fsp3) is 0.278. The summed E-state index contributed by atoms with van der Waals surface area (Å²) in [6, 6.07) is 13.6. The fourth-order valence-electron chi connectivity index (χ4n) is 2.25. The first kappa shape index (κ1) is 17.5. The molecule has 2 aromatic carbocycles. The van der Waals surface area contributed by atoms with Crippen LogP contribution in [0.3, 0.4) is 0 Å². The molecule has 0 unspecified atom stereocenters. The van der Waals surface area contributed by atoms with E-state index in [1.807, 2.05) is 24.3 Å². The summed E-state index contributed by atoms with van der Waals surface area (Å²) in [5, 5.41) is 10.8. The van der Waals surface area contributed by atoms with Gasteiger partial charge >= 0.3 is 5.97 Å². The molecular formula is C18H19NO5. The van der Waals surface area contributed by atoms with Gasteiger partial charge in [0.1, 0.15) is 11.9 Å². The van der Waals surface area contributed by atoms with E-state index in [1.165, 1.54) is 12.1 Å². The molecule has 0 spiro atoms. The molecule has 0 aliphatic heterocycles. The fourth-order valence-corrected chi connectivity index (χ4v) is 2.25. The Morgan fingerprint density at radius 3 is 2.54 bits per heavy atom. The minimum atomic E-state index is -0.534. The Hall–Kier alpha value is -2.89. The highest BCUT2D eigenvalue weighted by Crippen LogP contribution is 2.22. The van der Waals surface area contributed by atoms with E-state index in [0.29, 0.717) is 12.0 Å². The minimum Gasteiger partial charge on any atom is -0.497 e. The highest BCUT2D eigenvalue weighted by atomic mass is 16.6. The molecular weight excluding hydrogens is 310 g/mol. The van der Waals surface area contributed by atoms with Gasteiger partial charge in [0.25, 0.3) is 5.69 Å². The molecule has 1 atom stereocenters. The summed E-state index contributed by atoms with van der Waals surface area (Å²) in [4.78, 5) is 22.3. The monoisotopic (exact) mass is 329 g/mol. The zero-order valence-corrected chi connectivity index (χ0v) is 13.6. The highest BCUT2D eigenvalue weighted by Gasteiger charge is 2.15. The molecule has 0 saturated heterocycles. The summed E-state index contributed by atoms with van der Waals surface area (Å²) in [5.41, 5.74) is 1.59. The normalized spacial score (nSPS) is 11.6. The quantitative estimate of drug-likeness (QED) is 0.438. The largest absolute Gasteiger partial charge is 0.497 e. The molecule has 0 aromatic heterocycles. The van der Waals surface area contributed by atoms with Gasteiger partial charge in [-0.1, -0.05) is 24.3 Å². The Kier molecular flexibility index (Phi) is 5.89. The molecule has 0 fully saturated rings. The summed E-state index contributed by atoms with van der Waals surface area (Å²) in [5.74, 6) is 0.422. The lowest BCUT2D eigenvalue weighted by molar-refractivity contribution is -0.385. The lowest BCUT2D eigenvalue weighted by atomic mass is 10.1. The number of aryl methyl sites for hydroxylation is 1. The number of nitro groups is 1. The van der Waals surface area contributed by atoms with Crippen LogP contribution in [0.4, 0.5) is 5.69 Å². The third-order valence-corrected chi connectivity index (χ3v) is 3.64. The van der Waals surface area contributed by atoms with E-state index in [0.717, 1.165) is 11.3 Å². The lowest BCUT2D eigenvalue weighted by Gasteiger charge is -2.13. The van der Waals surface area contributed by atoms with E-state index in [1.54, 1.807) is 26.2 Å². The van der Waals surface area contributed by atoms with Gasteiger partial charge in [-0.05, 0) is 36.6 Å². The van der Waals surface area contributed by atoms with Gasteiger partial charge in [-0.15, -0.1) is 0 Å². The second kappa shape index (κ2) is 8.10. The molecule has 0 heterocycles. The van der Waals surface area contributed by atoms with Crippen molar-refractivity contribution in [3.8, 4) is 5.75 Å². The molecule has 126 valence electrons. The average Bonchev–Trinajstić information content (AvgIpc) is 2.60. The predicted molar refractivity (Wildman–Crippen MR) is 88.9 cm³/mol. The van der Waals surface area contributed by atoms with Crippen LogP contribution in [0.15, 0.2) is 48.5 Å². The molecule has 6 heteroatoms. The lowest BCUT2D eigenvalue weighted by Crippen LogP contribution is -2.10. The first-order chi connectivity index (χ1) is 11.5. The molecule has 0 N–H and O–H groups in total. The Balaban J connectivity index is 1.89. The van der Waals surface area contributed by atoms with E-state index in [-0.39, 0.29) is 18.1 Å². The first-order valence-electron chi connectivity index (χ1n) is 7.56. The third-order valence-electron chi connectivity index (χ3n) is 3.64. The molecule has 0 saturated carbocycles. The molecule has 6 nitrogen and oxygen atoms in total. The van der Waals surface area contributed by atoms with Crippen LogP contribution in [0.25, 0.3) is 0 Å². The Bertz CT molecular complexity index is 712. The number of nitrogens with zero attached hydrogens (tertiary/aromatic N) is 1. The number of non-ortho nitro benzene ring substituents is 1. The molecule has 0 aliphatic rings. The Morgan fingerprint density at radius 1 is 1.21 bits per heavy atom. The van der Waals surface area contributed by atoms with Crippen LogP contribution in [0.1, 0.15) is 30.6 Å². The van der Waals surface area contributed by atoms with Crippen LogP contribution in [-0.2, 0) is 16.0 Å². The van der Waals surface area contributed by atoms with E-state index in [4.69, 9.17) is 9.47 Å². The number of benzene rings is 2. The number of ether oxygens (including phenoxy) is 2. The number of nitro benzene ring substituents is 1.